The number of hydrogen-bond donors (Lipinski definition) is 1. The monoisotopic (exact) mass is 486 g/mol. The fourth-order valence-corrected chi connectivity index (χ4v) is 5.15. The van der Waals surface area contributed by atoms with E-state index >= 15 is 0 Å². The molecule has 1 aromatic carbocycles. The Morgan fingerprint density at radius 2 is 2.15 bits per heavy atom. The Bertz CT molecular complexity index is 957. The second-order valence-electron chi connectivity index (χ2n) is 8.22. The van der Waals surface area contributed by atoms with E-state index in [4.69, 9.17) is 20.6 Å². The SMILES string of the molecule is C#CCOC[C@H](O)CN(CCC)CC(=O)N1CCc2sccc2[C@H]1COc1ccccc1OC. The second-order valence-corrected chi connectivity index (χ2v) is 9.22. The molecule has 34 heavy (non-hydrogen) atoms. The van der Waals surface area contributed by atoms with Crippen LogP contribution in [0.5, 0.6) is 11.5 Å². The topological polar surface area (TPSA) is 71.5 Å². The summed E-state index contributed by atoms with van der Waals surface area (Å²) in [6.07, 6.45) is 6.20. The summed E-state index contributed by atoms with van der Waals surface area (Å²) < 4.78 is 16.8. The summed E-state index contributed by atoms with van der Waals surface area (Å²) >= 11 is 1.72. The number of thiophene rings is 1. The van der Waals surface area contributed by atoms with Crippen LogP contribution in [0.4, 0.5) is 0 Å². The Balaban J connectivity index is 1.69. The van der Waals surface area contributed by atoms with Crippen LogP contribution in [-0.4, -0.2) is 80.0 Å². The van der Waals surface area contributed by atoms with Gasteiger partial charge in [0.1, 0.15) is 13.2 Å². The first-order chi connectivity index (χ1) is 16.6. The lowest BCUT2D eigenvalue weighted by molar-refractivity contribution is -0.136. The number of carbonyl (C=O) groups is 1. The molecule has 0 aliphatic carbocycles. The first kappa shape index (κ1) is 26.0. The van der Waals surface area contributed by atoms with Crippen molar-refractivity contribution in [2.24, 2.45) is 0 Å². The minimum absolute atomic E-state index is 0.0238. The fourth-order valence-electron chi connectivity index (χ4n) is 4.22. The molecule has 3 rings (SSSR count). The number of rotatable bonds is 13. The molecule has 1 aliphatic rings. The molecule has 0 radical (unpaired) electrons. The lowest BCUT2D eigenvalue weighted by Gasteiger charge is -2.37. The zero-order chi connectivity index (χ0) is 24.3. The highest BCUT2D eigenvalue weighted by molar-refractivity contribution is 7.10. The van der Waals surface area contributed by atoms with Crippen LogP contribution in [0.15, 0.2) is 35.7 Å². The number of aliphatic hydroxyl groups is 1. The van der Waals surface area contributed by atoms with Gasteiger partial charge in [0.15, 0.2) is 11.5 Å². The molecule has 0 unspecified atom stereocenters. The third kappa shape index (κ3) is 6.97. The summed E-state index contributed by atoms with van der Waals surface area (Å²) in [7, 11) is 1.62. The van der Waals surface area contributed by atoms with Crippen LogP contribution in [0.25, 0.3) is 0 Å². The average Bonchev–Trinajstić information content (AvgIpc) is 3.32. The molecule has 2 heterocycles. The summed E-state index contributed by atoms with van der Waals surface area (Å²) in [5.74, 6) is 3.73. The van der Waals surface area contributed by atoms with Crippen molar-refractivity contribution in [3.63, 3.8) is 0 Å². The predicted molar refractivity (Wildman–Crippen MR) is 133 cm³/mol. The Hall–Kier alpha value is -2.57. The summed E-state index contributed by atoms with van der Waals surface area (Å²) in [5.41, 5.74) is 1.14. The number of ether oxygens (including phenoxy) is 3. The number of hydrogen-bond acceptors (Lipinski definition) is 7. The molecule has 1 aromatic heterocycles. The van der Waals surface area contributed by atoms with Gasteiger partial charge in [-0.3, -0.25) is 9.69 Å². The second kappa shape index (κ2) is 13.4. The van der Waals surface area contributed by atoms with Crippen molar-refractivity contribution < 1.29 is 24.1 Å². The van der Waals surface area contributed by atoms with E-state index in [9.17, 15) is 9.90 Å². The van der Waals surface area contributed by atoms with Gasteiger partial charge in [-0.05, 0) is 48.5 Å². The van der Waals surface area contributed by atoms with E-state index in [0.717, 1.165) is 18.4 Å². The number of benzene rings is 1. The van der Waals surface area contributed by atoms with Crippen molar-refractivity contribution >= 4 is 17.2 Å². The van der Waals surface area contributed by atoms with Gasteiger partial charge in [-0.2, -0.15) is 0 Å². The van der Waals surface area contributed by atoms with Gasteiger partial charge in [0.05, 0.1) is 32.4 Å². The third-order valence-electron chi connectivity index (χ3n) is 5.74. The van der Waals surface area contributed by atoms with Crippen LogP contribution in [0.2, 0.25) is 0 Å². The average molecular weight is 487 g/mol. The Kier molecular flexibility index (Phi) is 10.2. The maximum Gasteiger partial charge on any atom is 0.237 e. The first-order valence-electron chi connectivity index (χ1n) is 11.6. The molecule has 1 aliphatic heterocycles. The Morgan fingerprint density at radius 1 is 1.35 bits per heavy atom. The molecule has 8 heteroatoms. The van der Waals surface area contributed by atoms with Crippen LogP contribution in [0, 0.1) is 12.3 Å². The van der Waals surface area contributed by atoms with Crippen LogP contribution in [-0.2, 0) is 16.0 Å². The van der Waals surface area contributed by atoms with Gasteiger partial charge in [-0.1, -0.05) is 25.0 Å². The highest BCUT2D eigenvalue weighted by Crippen LogP contribution is 2.35. The van der Waals surface area contributed by atoms with Crippen molar-refractivity contribution in [2.75, 3.05) is 53.1 Å². The van der Waals surface area contributed by atoms with Crippen molar-refractivity contribution in [3.05, 3.63) is 46.2 Å². The number of methoxy groups -OCH3 is 1. The summed E-state index contributed by atoms with van der Waals surface area (Å²) in [6.45, 7) is 4.63. The zero-order valence-corrected chi connectivity index (χ0v) is 20.8. The highest BCUT2D eigenvalue weighted by atomic mass is 32.1. The van der Waals surface area contributed by atoms with Gasteiger partial charge in [-0.25, -0.2) is 0 Å². The smallest absolute Gasteiger partial charge is 0.237 e. The highest BCUT2D eigenvalue weighted by Gasteiger charge is 2.33. The minimum atomic E-state index is -0.706. The van der Waals surface area contributed by atoms with Crippen molar-refractivity contribution in [2.45, 2.75) is 31.9 Å². The molecule has 2 atom stereocenters. The van der Waals surface area contributed by atoms with Gasteiger partial charge in [0.2, 0.25) is 5.91 Å². The number of fused-ring (bicyclic) bond motifs is 1. The summed E-state index contributed by atoms with van der Waals surface area (Å²) in [6, 6.07) is 9.43. The zero-order valence-electron chi connectivity index (χ0n) is 19.9. The normalized spacial score (nSPS) is 16.1. The van der Waals surface area contributed by atoms with Gasteiger partial charge >= 0.3 is 0 Å². The molecule has 0 spiro atoms. The fraction of sp³-hybridized carbons (Fsp3) is 0.500. The number of nitrogens with zero attached hydrogens (tertiary/aromatic N) is 2. The third-order valence-corrected chi connectivity index (χ3v) is 6.74. The lowest BCUT2D eigenvalue weighted by Crippen LogP contribution is -2.48. The maximum absolute atomic E-state index is 13.5. The quantitative estimate of drug-likeness (QED) is 0.347. The van der Waals surface area contributed by atoms with Crippen molar-refractivity contribution in [3.8, 4) is 23.8 Å². The molecular formula is C26H34N2O5S. The summed E-state index contributed by atoms with van der Waals surface area (Å²) in [4.78, 5) is 18.7. The predicted octanol–water partition coefficient (Wildman–Crippen LogP) is 2.98. The summed E-state index contributed by atoms with van der Waals surface area (Å²) in [5, 5.41) is 12.4. The number of para-hydroxylation sites is 2. The van der Waals surface area contributed by atoms with E-state index in [1.165, 1.54) is 4.88 Å². The Labute approximate surface area is 206 Å². The largest absolute Gasteiger partial charge is 0.493 e. The molecule has 184 valence electrons. The standard InChI is InChI=1S/C26H34N2O5S/c1-4-12-27(16-20(29)18-32-14-5-2)17-26(30)28-13-10-25-21(11-15-34-25)22(28)19-33-24-9-7-6-8-23(24)31-3/h2,6-9,11,15,20,22,29H,4,10,12-14,16-19H2,1,3H3/t20-,22-/m1/s1. The first-order valence-corrected chi connectivity index (χ1v) is 12.5. The van der Waals surface area contributed by atoms with E-state index in [-0.39, 0.29) is 31.7 Å². The number of amides is 1. The van der Waals surface area contributed by atoms with Gasteiger partial charge in [-0.15, -0.1) is 17.8 Å². The van der Waals surface area contributed by atoms with E-state index < -0.39 is 6.10 Å². The molecule has 0 saturated carbocycles. The number of terminal acetylenes is 1. The number of carbonyl (C=O) groups excluding carboxylic acids is 1. The Morgan fingerprint density at radius 3 is 2.88 bits per heavy atom. The van der Waals surface area contributed by atoms with Crippen LogP contribution in [0.1, 0.15) is 29.8 Å². The van der Waals surface area contributed by atoms with Gasteiger partial charge in [0.25, 0.3) is 0 Å². The van der Waals surface area contributed by atoms with E-state index in [1.54, 1.807) is 18.4 Å². The van der Waals surface area contributed by atoms with Crippen LogP contribution >= 0.6 is 11.3 Å². The molecule has 0 fully saturated rings. The molecule has 1 amide bonds. The van der Waals surface area contributed by atoms with E-state index in [0.29, 0.717) is 37.7 Å². The van der Waals surface area contributed by atoms with Crippen LogP contribution < -0.4 is 9.47 Å². The molecule has 7 nitrogen and oxygen atoms in total. The molecule has 1 N–H and O–H groups in total. The van der Waals surface area contributed by atoms with Crippen molar-refractivity contribution in [1.29, 1.82) is 0 Å². The van der Waals surface area contributed by atoms with Gasteiger partial charge < -0.3 is 24.2 Å². The van der Waals surface area contributed by atoms with E-state index in [2.05, 4.69) is 24.3 Å². The molecular weight excluding hydrogens is 452 g/mol. The molecule has 0 bridgehead atoms. The number of aliphatic hydroxyl groups excluding tert-OH is 1. The van der Waals surface area contributed by atoms with Crippen LogP contribution in [0.3, 0.4) is 0 Å². The molecule has 2 aromatic rings. The van der Waals surface area contributed by atoms with Gasteiger partial charge in [0, 0.05) is 18.0 Å². The lowest BCUT2D eigenvalue weighted by atomic mass is 10.0. The van der Waals surface area contributed by atoms with E-state index in [1.807, 2.05) is 34.1 Å². The minimum Gasteiger partial charge on any atom is -0.493 e. The maximum atomic E-state index is 13.5. The van der Waals surface area contributed by atoms with Crippen molar-refractivity contribution in [1.82, 2.24) is 9.80 Å². The molecule has 0 saturated heterocycles.